The van der Waals surface area contributed by atoms with Crippen LogP contribution in [0.3, 0.4) is 0 Å². The monoisotopic (exact) mass is 253 g/mol. The summed E-state index contributed by atoms with van der Waals surface area (Å²) in [5, 5.41) is 8.68. The lowest BCUT2D eigenvalue weighted by Gasteiger charge is -2.43. The van der Waals surface area contributed by atoms with Crippen molar-refractivity contribution in [3.8, 4) is 0 Å². The number of nitrogens with zero attached hydrogens (tertiary/aromatic N) is 2. The molecule has 4 nitrogen and oxygen atoms in total. The van der Waals surface area contributed by atoms with Crippen LogP contribution in [-0.4, -0.2) is 39.5 Å². The summed E-state index contributed by atoms with van der Waals surface area (Å²) in [5.41, 5.74) is 1.05. The molecule has 0 bridgehead atoms. The van der Waals surface area contributed by atoms with Gasteiger partial charge in [-0.25, -0.2) is 0 Å². The second kappa shape index (κ2) is 4.30. The molecule has 1 spiro atoms. The summed E-state index contributed by atoms with van der Waals surface area (Å²) < 4.78 is 8.05. The van der Waals surface area contributed by atoms with Crippen LogP contribution in [0.15, 0.2) is 12.3 Å². The number of rotatable bonds is 1. The van der Waals surface area contributed by atoms with E-state index in [4.69, 9.17) is 4.74 Å². The molecule has 0 amide bonds. The Balaban J connectivity index is 1.95. The Kier molecular flexibility index (Phi) is 2.92. The van der Waals surface area contributed by atoms with E-state index >= 15 is 0 Å². The number of ether oxygens (including phenoxy) is 1. The SMILES string of the molecule is CC1SCCC12OCCNC2c1ccn(C)n1. The number of aromatic nitrogens is 2. The number of morpholine rings is 1. The van der Waals surface area contributed by atoms with Gasteiger partial charge in [-0.05, 0) is 18.2 Å². The van der Waals surface area contributed by atoms with Gasteiger partial charge in [-0.15, -0.1) is 0 Å². The highest BCUT2D eigenvalue weighted by molar-refractivity contribution is 8.00. The van der Waals surface area contributed by atoms with Gasteiger partial charge >= 0.3 is 0 Å². The van der Waals surface area contributed by atoms with Crippen molar-refractivity contribution in [3.63, 3.8) is 0 Å². The van der Waals surface area contributed by atoms with Crippen molar-refractivity contribution in [2.75, 3.05) is 18.9 Å². The maximum Gasteiger partial charge on any atom is 0.102 e. The van der Waals surface area contributed by atoms with Gasteiger partial charge in [0.2, 0.25) is 0 Å². The maximum atomic E-state index is 6.18. The quantitative estimate of drug-likeness (QED) is 0.820. The van der Waals surface area contributed by atoms with Gasteiger partial charge < -0.3 is 10.1 Å². The standard InChI is InChI=1S/C12H19N3OS/c1-9-12(4-8-17-9)11(13-5-7-16-12)10-3-6-15(2)14-10/h3,6,9,11,13H,4-5,7-8H2,1-2H3. The van der Waals surface area contributed by atoms with Crippen LogP contribution in [0.5, 0.6) is 0 Å². The summed E-state index contributed by atoms with van der Waals surface area (Å²) in [6.07, 6.45) is 3.12. The van der Waals surface area contributed by atoms with Crippen molar-refractivity contribution in [1.29, 1.82) is 0 Å². The molecule has 2 saturated heterocycles. The van der Waals surface area contributed by atoms with Crippen molar-refractivity contribution >= 4 is 11.8 Å². The largest absolute Gasteiger partial charge is 0.370 e. The third-order valence-corrected chi connectivity index (χ3v) is 5.23. The van der Waals surface area contributed by atoms with Gasteiger partial charge in [0.15, 0.2) is 0 Å². The molecule has 2 fully saturated rings. The Morgan fingerprint density at radius 1 is 1.65 bits per heavy atom. The van der Waals surface area contributed by atoms with Crippen molar-refractivity contribution in [2.24, 2.45) is 7.05 Å². The number of thioether (sulfide) groups is 1. The number of nitrogens with one attached hydrogen (secondary N) is 1. The molecule has 3 heterocycles. The second-order valence-corrected chi connectivity index (χ2v) is 6.32. The van der Waals surface area contributed by atoms with Crippen LogP contribution in [-0.2, 0) is 11.8 Å². The van der Waals surface area contributed by atoms with E-state index in [1.165, 1.54) is 5.75 Å². The van der Waals surface area contributed by atoms with Gasteiger partial charge in [-0.1, -0.05) is 6.92 Å². The van der Waals surface area contributed by atoms with E-state index in [0.717, 1.165) is 25.3 Å². The molecule has 0 saturated carbocycles. The third-order valence-electron chi connectivity index (χ3n) is 3.89. The fraction of sp³-hybridized carbons (Fsp3) is 0.750. The molecule has 5 heteroatoms. The van der Waals surface area contributed by atoms with E-state index in [-0.39, 0.29) is 11.6 Å². The minimum atomic E-state index is -0.0583. The lowest BCUT2D eigenvalue weighted by molar-refractivity contribution is -0.0950. The van der Waals surface area contributed by atoms with E-state index in [2.05, 4.69) is 23.4 Å². The Hall–Kier alpha value is -0.520. The molecule has 3 unspecified atom stereocenters. The number of hydrogen-bond acceptors (Lipinski definition) is 4. The van der Waals surface area contributed by atoms with E-state index in [1.807, 2.05) is 29.7 Å². The second-order valence-electron chi connectivity index (χ2n) is 4.87. The summed E-state index contributed by atoms with van der Waals surface area (Å²) in [7, 11) is 1.96. The van der Waals surface area contributed by atoms with Crippen LogP contribution in [0.4, 0.5) is 0 Å². The highest BCUT2D eigenvalue weighted by Gasteiger charge is 2.51. The molecule has 1 aromatic rings. The number of hydrogen-bond donors (Lipinski definition) is 1. The molecule has 1 N–H and O–H groups in total. The molecule has 3 atom stereocenters. The average Bonchev–Trinajstić information content (AvgIpc) is 2.89. The average molecular weight is 253 g/mol. The van der Waals surface area contributed by atoms with Crippen molar-refractivity contribution in [3.05, 3.63) is 18.0 Å². The normalized spacial score (nSPS) is 37.8. The van der Waals surface area contributed by atoms with Crippen LogP contribution in [0, 0.1) is 0 Å². The maximum absolute atomic E-state index is 6.18. The molecule has 17 heavy (non-hydrogen) atoms. The van der Waals surface area contributed by atoms with E-state index in [9.17, 15) is 0 Å². The first-order valence-electron chi connectivity index (χ1n) is 6.21. The number of aryl methyl sites for hydroxylation is 1. The first-order valence-corrected chi connectivity index (χ1v) is 7.26. The fourth-order valence-electron chi connectivity index (χ4n) is 2.95. The Morgan fingerprint density at radius 3 is 3.18 bits per heavy atom. The molecule has 0 aliphatic carbocycles. The highest BCUT2D eigenvalue weighted by atomic mass is 32.2. The van der Waals surface area contributed by atoms with Crippen molar-refractivity contribution in [1.82, 2.24) is 15.1 Å². The predicted octanol–water partition coefficient (Wildman–Crippen LogP) is 1.35. The zero-order valence-corrected chi connectivity index (χ0v) is 11.2. The van der Waals surface area contributed by atoms with Crippen LogP contribution >= 0.6 is 11.8 Å². The zero-order chi connectivity index (χ0) is 11.9. The molecule has 0 aromatic carbocycles. The van der Waals surface area contributed by atoms with Gasteiger partial charge in [0.1, 0.15) is 5.60 Å². The lowest BCUT2D eigenvalue weighted by Crippen LogP contribution is -2.55. The van der Waals surface area contributed by atoms with Gasteiger partial charge in [-0.2, -0.15) is 16.9 Å². The molecule has 0 radical (unpaired) electrons. The van der Waals surface area contributed by atoms with Gasteiger partial charge in [0, 0.05) is 25.0 Å². The van der Waals surface area contributed by atoms with Crippen LogP contribution in [0.2, 0.25) is 0 Å². The summed E-state index contributed by atoms with van der Waals surface area (Å²) in [6, 6.07) is 2.34. The first kappa shape index (κ1) is 11.6. The van der Waals surface area contributed by atoms with Gasteiger partial charge in [-0.3, -0.25) is 4.68 Å². The summed E-state index contributed by atoms with van der Waals surface area (Å²) in [4.78, 5) is 0. The predicted molar refractivity (Wildman–Crippen MR) is 69.2 cm³/mol. The van der Waals surface area contributed by atoms with Gasteiger partial charge in [0.25, 0.3) is 0 Å². The Morgan fingerprint density at radius 2 is 2.53 bits per heavy atom. The lowest BCUT2D eigenvalue weighted by atomic mass is 9.85. The minimum absolute atomic E-state index is 0.0583. The Bertz CT molecular complexity index is 408. The Labute approximate surface area is 106 Å². The topological polar surface area (TPSA) is 39.1 Å². The third kappa shape index (κ3) is 1.80. The molecule has 94 valence electrons. The van der Waals surface area contributed by atoms with Gasteiger partial charge in [0.05, 0.1) is 18.3 Å². The summed E-state index contributed by atoms with van der Waals surface area (Å²) >= 11 is 2.01. The smallest absolute Gasteiger partial charge is 0.102 e. The summed E-state index contributed by atoms with van der Waals surface area (Å²) in [5.74, 6) is 1.19. The van der Waals surface area contributed by atoms with Crippen LogP contribution < -0.4 is 5.32 Å². The molecule has 1 aromatic heterocycles. The minimum Gasteiger partial charge on any atom is -0.370 e. The van der Waals surface area contributed by atoms with E-state index in [1.54, 1.807) is 0 Å². The first-order chi connectivity index (χ1) is 8.22. The molecule has 2 aliphatic rings. The van der Waals surface area contributed by atoms with Crippen LogP contribution in [0.1, 0.15) is 25.1 Å². The van der Waals surface area contributed by atoms with Crippen molar-refractivity contribution in [2.45, 2.75) is 30.2 Å². The molecule has 3 rings (SSSR count). The summed E-state index contributed by atoms with van der Waals surface area (Å²) in [6.45, 7) is 4.01. The van der Waals surface area contributed by atoms with E-state index in [0.29, 0.717) is 5.25 Å². The molecular formula is C12H19N3OS. The zero-order valence-electron chi connectivity index (χ0n) is 10.3. The van der Waals surface area contributed by atoms with Crippen LogP contribution in [0.25, 0.3) is 0 Å². The molecule has 2 aliphatic heterocycles. The fourth-order valence-corrected chi connectivity index (χ4v) is 4.34. The molecular weight excluding hydrogens is 234 g/mol. The highest BCUT2D eigenvalue weighted by Crippen LogP contribution is 2.47. The van der Waals surface area contributed by atoms with Crippen molar-refractivity contribution < 1.29 is 4.74 Å². The van der Waals surface area contributed by atoms with E-state index < -0.39 is 0 Å².